The van der Waals surface area contributed by atoms with Crippen molar-refractivity contribution in [1.29, 1.82) is 0 Å². The van der Waals surface area contributed by atoms with Gasteiger partial charge in [0.15, 0.2) is 0 Å². The summed E-state index contributed by atoms with van der Waals surface area (Å²) in [6, 6.07) is 3.98. The van der Waals surface area contributed by atoms with Crippen LogP contribution >= 0.6 is 0 Å². The van der Waals surface area contributed by atoms with Gasteiger partial charge in [-0.05, 0) is 18.6 Å². The number of piperazine rings is 1. The van der Waals surface area contributed by atoms with Crippen molar-refractivity contribution in [3.05, 3.63) is 29.3 Å². The van der Waals surface area contributed by atoms with Gasteiger partial charge in [0.2, 0.25) is 0 Å². The summed E-state index contributed by atoms with van der Waals surface area (Å²) in [5.74, 6) is 0.333. The highest BCUT2D eigenvalue weighted by Gasteiger charge is 2.32. The second-order valence-electron chi connectivity index (χ2n) is 5.90. The molecule has 23 heavy (non-hydrogen) atoms. The van der Waals surface area contributed by atoms with Crippen molar-refractivity contribution in [2.75, 3.05) is 33.3 Å². The first kappa shape index (κ1) is 18.1. The predicted octanol–water partition coefficient (Wildman–Crippen LogP) is 3.85. The van der Waals surface area contributed by atoms with Gasteiger partial charge in [0.1, 0.15) is 5.75 Å². The van der Waals surface area contributed by atoms with Crippen molar-refractivity contribution < 1.29 is 17.9 Å². The summed E-state index contributed by atoms with van der Waals surface area (Å²) in [6.45, 7) is 5.74. The highest BCUT2D eigenvalue weighted by Crippen LogP contribution is 2.38. The molecule has 0 bridgehead atoms. The summed E-state index contributed by atoms with van der Waals surface area (Å²) >= 11 is 0. The number of halogens is 3. The third-order valence-corrected chi connectivity index (χ3v) is 4.34. The monoisotopic (exact) mass is 330 g/mol. The van der Waals surface area contributed by atoms with Gasteiger partial charge in [-0.3, -0.25) is 4.90 Å². The number of methoxy groups -OCH3 is 1. The first-order valence-electron chi connectivity index (χ1n) is 8.17. The molecule has 1 N–H and O–H groups in total. The summed E-state index contributed by atoms with van der Waals surface area (Å²) in [4.78, 5) is 2.34. The molecule has 1 aromatic rings. The molecule has 0 radical (unpaired) electrons. The maximum absolute atomic E-state index is 12.9. The van der Waals surface area contributed by atoms with Crippen LogP contribution in [0.5, 0.6) is 5.75 Å². The molecule has 2 rings (SSSR count). The average molecular weight is 330 g/mol. The number of ether oxygens (including phenoxy) is 1. The van der Waals surface area contributed by atoms with Crippen molar-refractivity contribution >= 4 is 0 Å². The van der Waals surface area contributed by atoms with E-state index in [0.717, 1.165) is 57.1 Å². The molecule has 0 aromatic heterocycles. The summed E-state index contributed by atoms with van der Waals surface area (Å²) < 4.78 is 44.1. The van der Waals surface area contributed by atoms with Gasteiger partial charge in [-0.2, -0.15) is 13.2 Å². The molecule has 130 valence electrons. The van der Waals surface area contributed by atoms with Crippen LogP contribution in [0.2, 0.25) is 0 Å². The van der Waals surface area contributed by atoms with Gasteiger partial charge in [0, 0.05) is 37.8 Å². The lowest BCUT2D eigenvalue weighted by molar-refractivity contribution is -0.137. The number of unbranched alkanes of at least 4 members (excludes halogenated alkanes) is 1. The highest BCUT2D eigenvalue weighted by molar-refractivity contribution is 5.41. The van der Waals surface area contributed by atoms with E-state index in [1.54, 1.807) is 6.07 Å². The van der Waals surface area contributed by atoms with Gasteiger partial charge >= 0.3 is 6.18 Å². The van der Waals surface area contributed by atoms with Crippen LogP contribution < -0.4 is 10.1 Å². The molecule has 0 unspecified atom stereocenters. The molecule has 1 heterocycles. The van der Waals surface area contributed by atoms with Crippen LogP contribution in [-0.4, -0.2) is 38.2 Å². The SMILES string of the molecule is CCCC[C@@H](c1ccc(C(F)(F)F)cc1OC)N1CCNCC1. The largest absolute Gasteiger partial charge is 0.496 e. The highest BCUT2D eigenvalue weighted by atomic mass is 19.4. The second-order valence-corrected chi connectivity index (χ2v) is 5.90. The van der Waals surface area contributed by atoms with Gasteiger partial charge in [-0.1, -0.05) is 25.8 Å². The molecule has 6 heteroatoms. The molecular formula is C17H25F3N2O. The molecule has 0 amide bonds. The Balaban J connectivity index is 2.32. The zero-order valence-corrected chi connectivity index (χ0v) is 13.7. The van der Waals surface area contributed by atoms with Crippen LogP contribution in [0.25, 0.3) is 0 Å². The summed E-state index contributed by atoms with van der Waals surface area (Å²) in [5, 5.41) is 3.31. The van der Waals surface area contributed by atoms with E-state index in [0.29, 0.717) is 5.75 Å². The van der Waals surface area contributed by atoms with Gasteiger partial charge in [-0.25, -0.2) is 0 Å². The molecule has 1 atom stereocenters. The lowest BCUT2D eigenvalue weighted by Crippen LogP contribution is -2.45. The van der Waals surface area contributed by atoms with Crippen LogP contribution in [0.4, 0.5) is 13.2 Å². The maximum Gasteiger partial charge on any atom is 0.416 e. The number of rotatable bonds is 6. The van der Waals surface area contributed by atoms with Crippen LogP contribution in [-0.2, 0) is 6.18 Å². The molecule has 1 aromatic carbocycles. The normalized spacial score (nSPS) is 18.0. The zero-order valence-electron chi connectivity index (χ0n) is 13.7. The Morgan fingerprint density at radius 3 is 2.52 bits per heavy atom. The Morgan fingerprint density at radius 2 is 1.96 bits per heavy atom. The molecule has 1 saturated heterocycles. The minimum Gasteiger partial charge on any atom is -0.496 e. The molecular weight excluding hydrogens is 305 g/mol. The Kier molecular flexibility index (Phi) is 6.30. The van der Waals surface area contributed by atoms with Crippen molar-refractivity contribution in [3.8, 4) is 5.75 Å². The van der Waals surface area contributed by atoms with Crippen molar-refractivity contribution in [2.45, 2.75) is 38.4 Å². The number of hydrogen-bond donors (Lipinski definition) is 1. The van der Waals surface area contributed by atoms with Crippen LogP contribution in [0.1, 0.15) is 43.4 Å². The van der Waals surface area contributed by atoms with Crippen molar-refractivity contribution in [1.82, 2.24) is 10.2 Å². The molecule has 1 fully saturated rings. The molecule has 1 aliphatic heterocycles. The Morgan fingerprint density at radius 1 is 1.26 bits per heavy atom. The lowest BCUT2D eigenvalue weighted by Gasteiger charge is -2.36. The predicted molar refractivity (Wildman–Crippen MR) is 84.7 cm³/mol. The molecule has 0 spiro atoms. The zero-order chi connectivity index (χ0) is 16.9. The summed E-state index contributed by atoms with van der Waals surface area (Å²) in [7, 11) is 1.44. The van der Waals surface area contributed by atoms with E-state index >= 15 is 0 Å². The Labute approximate surface area is 135 Å². The average Bonchev–Trinajstić information content (AvgIpc) is 2.55. The van der Waals surface area contributed by atoms with E-state index in [4.69, 9.17) is 4.74 Å². The van der Waals surface area contributed by atoms with Gasteiger partial charge in [0.05, 0.1) is 12.7 Å². The molecule has 1 aliphatic rings. The topological polar surface area (TPSA) is 24.5 Å². The van der Waals surface area contributed by atoms with E-state index in [9.17, 15) is 13.2 Å². The molecule has 3 nitrogen and oxygen atoms in total. The first-order chi connectivity index (χ1) is 11.0. The third-order valence-electron chi connectivity index (χ3n) is 4.34. The standard InChI is InChI=1S/C17H25F3N2O/c1-3-4-5-15(22-10-8-21-9-11-22)14-7-6-13(17(18,19)20)12-16(14)23-2/h6-7,12,15,21H,3-5,8-11H2,1-2H3/t15-/m0/s1. The van der Waals surface area contributed by atoms with Gasteiger partial charge < -0.3 is 10.1 Å². The van der Waals surface area contributed by atoms with E-state index in [1.807, 2.05) is 0 Å². The fourth-order valence-electron chi connectivity index (χ4n) is 3.09. The lowest BCUT2D eigenvalue weighted by atomic mass is 9.96. The van der Waals surface area contributed by atoms with Gasteiger partial charge in [-0.15, -0.1) is 0 Å². The van der Waals surface area contributed by atoms with Crippen LogP contribution in [0.15, 0.2) is 18.2 Å². The second kappa shape index (κ2) is 8.02. The van der Waals surface area contributed by atoms with E-state index in [-0.39, 0.29) is 6.04 Å². The minimum atomic E-state index is -4.35. The van der Waals surface area contributed by atoms with Crippen molar-refractivity contribution in [2.24, 2.45) is 0 Å². The van der Waals surface area contributed by atoms with E-state index < -0.39 is 11.7 Å². The van der Waals surface area contributed by atoms with Crippen LogP contribution in [0.3, 0.4) is 0 Å². The maximum atomic E-state index is 12.9. The number of nitrogens with one attached hydrogen (secondary N) is 1. The van der Waals surface area contributed by atoms with Gasteiger partial charge in [0.25, 0.3) is 0 Å². The number of alkyl halides is 3. The minimum absolute atomic E-state index is 0.106. The fourth-order valence-corrected chi connectivity index (χ4v) is 3.09. The van der Waals surface area contributed by atoms with E-state index in [2.05, 4.69) is 17.1 Å². The number of benzene rings is 1. The quantitative estimate of drug-likeness (QED) is 0.857. The Hall–Kier alpha value is -1.27. The smallest absolute Gasteiger partial charge is 0.416 e. The first-order valence-corrected chi connectivity index (χ1v) is 8.17. The van der Waals surface area contributed by atoms with Crippen LogP contribution in [0, 0.1) is 0 Å². The molecule has 0 saturated carbocycles. The Bertz CT molecular complexity index is 499. The molecule has 0 aliphatic carbocycles. The third kappa shape index (κ3) is 4.61. The summed E-state index contributed by atoms with van der Waals surface area (Å²) in [5.41, 5.74) is 0.198. The fraction of sp³-hybridized carbons (Fsp3) is 0.647. The van der Waals surface area contributed by atoms with Crippen molar-refractivity contribution in [3.63, 3.8) is 0 Å². The number of hydrogen-bond acceptors (Lipinski definition) is 3. The summed E-state index contributed by atoms with van der Waals surface area (Å²) in [6.07, 6.45) is -1.32. The number of nitrogens with zero attached hydrogens (tertiary/aromatic N) is 1. The van der Waals surface area contributed by atoms with E-state index in [1.165, 1.54) is 13.2 Å².